The molecule has 2 aromatic rings. The van der Waals surface area contributed by atoms with Gasteiger partial charge in [-0.15, -0.1) is 0 Å². The first-order valence-corrected chi connectivity index (χ1v) is 8.49. The molecule has 6 heteroatoms. The van der Waals surface area contributed by atoms with Crippen molar-refractivity contribution in [3.05, 3.63) is 83.5 Å². The van der Waals surface area contributed by atoms with Gasteiger partial charge in [-0.2, -0.15) is 0 Å². The second kappa shape index (κ2) is 9.08. The highest BCUT2D eigenvalue weighted by Gasteiger charge is 2.12. The molecule has 0 fully saturated rings. The molecule has 146 valence electrons. The van der Waals surface area contributed by atoms with Gasteiger partial charge in [-0.1, -0.05) is 25.3 Å². The zero-order valence-corrected chi connectivity index (χ0v) is 15.7. The highest BCUT2D eigenvalue weighted by Crippen LogP contribution is 2.22. The van der Waals surface area contributed by atoms with Gasteiger partial charge in [-0.05, 0) is 49.9 Å². The average molecular weight is 386 g/mol. The maximum Gasteiger partial charge on any atom is 0.338 e. The Kier molecular flexibility index (Phi) is 6.82. The molecule has 0 saturated heterocycles. The molecule has 0 bridgehead atoms. The van der Waals surface area contributed by atoms with Crippen LogP contribution in [0.4, 0.5) is 8.78 Å². The summed E-state index contributed by atoms with van der Waals surface area (Å²) < 4.78 is 38.4. The zero-order valence-electron chi connectivity index (χ0n) is 15.7. The Hall–Kier alpha value is -3.28. The summed E-state index contributed by atoms with van der Waals surface area (Å²) in [5.41, 5.74) is 1.12. The van der Waals surface area contributed by atoms with E-state index in [1.54, 1.807) is 0 Å². The van der Waals surface area contributed by atoms with Gasteiger partial charge >= 0.3 is 11.9 Å². The Bertz CT molecular complexity index is 870. The number of halogens is 2. The molecule has 0 atom stereocenters. The second-order valence-electron chi connectivity index (χ2n) is 6.35. The highest BCUT2D eigenvalue weighted by atomic mass is 19.1. The Balaban J connectivity index is 2.03. The smallest absolute Gasteiger partial charge is 0.338 e. The van der Waals surface area contributed by atoms with Gasteiger partial charge in [0, 0.05) is 23.3 Å². The van der Waals surface area contributed by atoms with E-state index >= 15 is 0 Å². The van der Waals surface area contributed by atoms with Crippen LogP contribution >= 0.6 is 0 Å². The van der Waals surface area contributed by atoms with E-state index in [-0.39, 0.29) is 35.5 Å². The van der Waals surface area contributed by atoms with Gasteiger partial charge in [0.05, 0.1) is 0 Å². The largest absolute Gasteiger partial charge is 0.423 e. The Labute approximate surface area is 162 Å². The number of carbonyl (C=O) groups excluding carboxylic acids is 2. The number of hydrogen-bond donors (Lipinski definition) is 0. The number of rotatable bonds is 7. The number of carbonyl (C=O) groups is 2. The molecule has 0 saturated carbocycles. The third kappa shape index (κ3) is 5.61. The molecule has 4 nitrogen and oxygen atoms in total. The fourth-order valence-electron chi connectivity index (χ4n) is 2.25. The molecule has 2 rings (SSSR count). The Morgan fingerprint density at radius 1 is 0.786 bits per heavy atom. The van der Waals surface area contributed by atoms with E-state index in [9.17, 15) is 18.4 Å². The van der Waals surface area contributed by atoms with Crippen molar-refractivity contribution in [2.24, 2.45) is 0 Å². The summed E-state index contributed by atoms with van der Waals surface area (Å²) in [6, 6.07) is 8.11. The van der Waals surface area contributed by atoms with Gasteiger partial charge in [-0.25, -0.2) is 18.4 Å². The fraction of sp³-hybridized carbons (Fsp3) is 0.182. The molecule has 0 unspecified atom stereocenters. The minimum absolute atomic E-state index is 0.0733. The number of esters is 2. The Morgan fingerprint density at radius 2 is 1.14 bits per heavy atom. The number of ether oxygens (including phenoxy) is 2. The van der Waals surface area contributed by atoms with Crippen LogP contribution in [-0.2, 0) is 22.4 Å². The van der Waals surface area contributed by atoms with Gasteiger partial charge < -0.3 is 9.47 Å². The number of benzene rings is 2. The van der Waals surface area contributed by atoms with Crippen LogP contribution in [-0.4, -0.2) is 11.9 Å². The van der Waals surface area contributed by atoms with Crippen LogP contribution in [0.3, 0.4) is 0 Å². The third-order valence-corrected chi connectivity index (χ3v) is 3.83. The van der Waals surface area contributed by atoms with Crippen molar-refractivity contribution in [1.82, 2.24) is 0 Å². The van der Waals surface area contributed by atoms with Crippen LogP contribution < -0.4 is 9.47 Å². The van der Waals surface area contributed by atoms with Crippen molar-refractivity contribution in [3.63, 3.8) is 0 Å². The maximum atomic E-state index is 14.2. The summed E-state index contributed by atoms with van der Waals surface area (Å²) in [5, 5.41) is 0. The lowest BCUT2D eigenvalue weighted by atomic mass is 10.0. The van der Waals surface area contributed by atoms with Gasteiger partial charge in [0.25, 0.3) is 0 Å². The van der Waals surface area contributed by atoms with E-state index in [0.717, 1.165) is 12.1 Å². The lowest BCUT2D eigenvalue weighted by Gasteiger charge is -2.09. The fourth-order valence-corrected chi connectivity index (χ4v) is 2.25. The molecule has 0 heterocycles. The summed E-state index contributed by atoms with van der Waals surface area (Å²) in [4.78, 5) is 22.9. The van der Waals surface area contributed by atoms with Crippen LogP contribution in [0.5, 0.6) is 11.5 Å². The molecule has 0 amide bonds. The summed E-state index contributed by atoms with van der Waals surface area (Å²) in [6.45, 7) is 9.90. The van der Waals surface area contributed by atoms with Crippen LogP contribution in [0.25, 0.3) is 0 Å². The molecule has 0 aliphatic carbocycles. The SMILES string of the molecule is C=C(C)C(=O)Oc1ccc(CCc2ccc(OC(=O)C(=C)C)cc2F)c(F)c1. The molecular weight excluding hydrogens is 366 g/mol. The standard InChI is InChI=1S/C22H20F2O4/c1-13(2)21(25)27-17-9-7-15(19(23)11-17)5-6-16-8-10-18(12-20(16)24)28-22(26)14(3)4/h7-12H,1,3,5-6H2,2,4H3. The molecule has 0 spiro atoms. The van der Waals surface area contributed by atoms with Crippen molar-refractivity contribution in [1.29, 1.82) is 0 Å². The monoisotopic (exact) mass is 386 g/mol. The van der Waals surface area contributed by atoms with Crippen molar-refractivity contribution >= 4 is 11.9 Å². The maximum absolute atomic E-state index is 14.2. The summed E-state index contributed by atoms with van der Waals surface area (Å²) in [6.07, 6.45) is 0.477. The van der Waals surface area contributed by atoms with Crippen molar-refractivity contribution < 1.29 is 27.8 Å². The van der Waals surface area contributed by atoms with Crippen LogP contribution in [0, 0.1) is 11.6 Å². The predicted octanol–water partition coefficient (Wildman–Crippen LogP) is 4.71. The van der Waals surface area contributed by atoms with E-state index in [4.69, 9.17) is 9.47 Å². The lowest BCUT2D eigenvalue weighted by Crippen LogP contribution is -2.09. The first-order chi connectivity index (χ1) is 13.2. The summed E-state index contributed by atoms with van der Waals surface area (Å²) in [7, 11) is 0. The van der Waals surface area contributed by atoms with E-state index in [2.05, 4.69) is 13.2 Å². The lowest BCUT2D eigenvalue weighted by molar-refractivity contribution is -0.130. The minimum atomic E-state index is -0.637. The van der Waals surface area contributed by atoms with Gasteiger partial charge in [0.2, 0.25) is 0 Å². The molecule has 2 aromatic carbocycles. The minimum Gasteiger partial charge on any atom is -0.423 e. The number of aryl methyl sites for hydroxylation is 2. The average Bonchev–Trinajstić information content (AvgIpc) is 2.62. The molecule has 0 aliphatic heterocycles. The van der Waals surface area contributed by atoms with E-state index in [1.165, 1.54) is 38.1 Å². The van der Waals surface area contributed by atoms with Crippen molar-refractivity contribution in [3.8, 4) is 11.5 Å². The molecule has 0 N–H and O–H groups in total. The normalized spacial score (nSPS) is 10.3. The summed E-state index contributed by atoms with van der Waals surface area (Å²) in [5.74, 6) is -2.24. The van der Waals surface area contributed by atoms with Crippen molar-refractivity contribution in [2.75, 3.05) is 0 Å². The number of hydrogen-bond acceptors (Lipinski definition) is 4. The second-order valence-corrected chi connectivity index (χ2v) is 6.35. The van der Waals surface area contributed by atoms with Crippen LogP contribution in [0.2, 0.25) is 0 Å². The zero-order chi connectivity index (χ0) is 20.8. The van der Waals surface area contributed by atoms with Crippen molar-refractivity contribution in [2.45, 2.75) is 26.7 Å². The quantitative estimate of drug-likeness (QED) is 0.393. The Morgan fingerprint density at radius 3 is 1.43 bits per heavy atom. The highest BCUT2D eigenvalue weighted by molar-refractivity contribution is 5.89. The molecule has 0 aliphatic rings. The molecular formula is C22H20F2O4. The van der Waals surface area contributed by atoms with Crippen LogP contribution in [0.1, 0.15) is 25.0 Å². The van der Waals surface area contributed by atoms with Crippen LogP contribution in [0.15, 0.2) is 60.7 Å². The molecule has 28 heavy (non-hydrogen) atoms. The third-order valence-electron chi connectivity index (χ3n) is 3.83. The van der Waals surface area contributed by atoms with E-state index < -0.39 is 23.6 Å². The molecule has 0 radical (unpaired) electrons. The molecule has 0 aromatic heterocycles. The predicted molar refractivity (Wildman–Crippen MR) is 101 cm³/mol. The van der Waals surface area contributed by atoms with Gasteiger partial charge in [0.1, 0.15) is 23.1 Å². The van der Waals surface area contributed by atoms with E-state index in [1.807, 2.05) is 0 Å². The first-order valence-electron chi connectivity index (χ1n) is 8.49. The topological polar surface area (TPSA) is 52.6 Å². The van der Waals surface area contributed by atoms with Gasteiger partial charge in [-0.3, -0.25) is 0 Å². The van der Waals surface area contributed by atoms with E-state index in [0.29, 0.717) is 11.1 Å². The summed E-state index contributed by atoms with van der Waals surface area (Å²) >= 11 is 0. The first kappa shape index (κ1) is 21.0. The van der Waals surface area contributed by atoms with Gasteiger partial charge in [0.15, 0.2) is 0 Å².